The van der Waals surface area contributed by atoms with Crippen LogP contribution in [-0.2, 0) is 6.61 Å². The molecule has 4 heteroatoms. The van der Waals surface area contributed by atoms with Gasteiger partial charge in [0.1, 0.15) is 0 Å². The molecular weight excluding hydrogens is 148 g/mol. The smallest absolute Gasteiger partial charge is 0.182 e. The number of aliphatic hydroxyl groups excluding tert-OH is 1. The van der Waals surface area contributed by atoms with Gasteiger partial charge in [0.05, 0.1) is 11.5 Å². The Morgan fingerprint density at radius 2 is 2.60 bits per heavy atom. The molecular formula is C6H10N2OS. The summed E-state index contributed by atoms with van der Waals surface area (Å²) >= 11 is 1.49. The lowest BCUT2D eigenvalue weighted by Crippen LogP contribution is -1.94. The number of hydrogen-bond acceptors (Lipinski definition) is 4. The van der Waals surface area contributed by atoms with Gasteiger partial charge in [-0.3, -0.25) is 0 Å². The number of nitrogens with one attached hydrogen (secondary N) is 1. The fraction of sp³-hybridized carbons (Fsp3) is 0.500. The lowest BCUT2D eigenvalue weighted by atomic mass is 10.6. The minimum absolute atomic E-state index is 0.0864. The van der Waals surface area contributed by atoms with Gasteiger partial charge in [-0.15, -0.1) is 0 Å². The van der Waals surface area contributed by atoms with E-state index < -0.39 is 0 Å². The number of hydrogen-bond donors (Lipinski definition) is 2. The van der Waals surface area contributed by atoms with Crippen LogP contribution in [0.2, 0.25) is 0 Å². The zero-order chi connectivity index (χ0) is 7.40. The van der Waals surface area contributed by atoms with Crippen LogP contribution in [0, 0.1) is 0 Å². The second-order valence-corrected chi connectivity index (χ2v) is 2.94. The van der Waals surface area contributed by atoms with Crippen LogP contribution in [0.4, 0.5) is 5.13 Å². The lowest BCUT2D eigenvalue weighted by Gasteiger charge is -1.92. The SMILES string of the molecule is CCNc1ncc(CO)s1. The van der Waals surface area contributed by atoms with Gasteiger partial charge in [0, 0.05) is 12.7 Å². The van der Waals surface area contributed by atoms with Crippen molar-refractivity contribution in [3.63, 3.8) is 0 Å². The van der Waals surface area contributed by atoms with Crippen LogP contribution in [0.25, 0.3) is 0 Å². The van der Waals surface area contributed by atoms with Crippen molar-refractivity contribution < 1.29 is 5.11 Å². The summed E-state index contributed by atoms with van der Waals surface area (Å²) in [5.74, 6) is 0. The number of nitrogens with zero attached hydrogens (tertiary/aromatic N) is 1. The van der Waals surface area contributed by atoms with Gasteiger partial charge < -0.3 is 10.4 Å². The van der Waals surface area contributed by atoms with E-state index in [1.807, 2.05) is 6.92 Å². The first-order chi connectivity index (χ1) is 4.86. The predicted molar refractivity (Wildman–Crippen MR) is 42.2 cm³/mol. The fourth-order valence-electron chi connectivity index (χ4n) is 0.614. The standard InChI is InChI=1S/C6H10N2OS/c1-2-7-6-8-3-5(4-9)10-6/h3,9H,2,4H2,1H3,(H,7,8). The normalized spacial score (nSPS) is 9.80. The number of aromatic nitrogens is 1. The maximum atomic E-state index is 8.66. The third kappa shape index (κ3) is 1.68. The van der Waals surface area contributed by atoms with Crippen molar-refractivity contribution in [2.75, 3.05) is 11.9 Å². The Labute approximate surface area is 63.7 Å². The number of rotatable bonds is 3. The van der Waals surface area contributed by atoms with E-state index >= 15 is 0 Å². The van der Waals surface area contributed by atoms with Crippen molar-refractivity contribution in [1.82, 2.24) is 4.98 Å². The summed E-state index contributed by atoms with van der Waals surface area (Å²) in [7, 11) is 0. The summed E-state index contributed by atoms with van der Waals surface area (Å²) in [4.78, 5) is 4.92. The van der Waals surface area contributed by atoms with E-state index in [1.165, 1.54) is 11.3 Å². The molecule has 0 amide bonds. The maximum absolute atomic E-state index is 8.66. The minimum Gasteiger partial charge on any atom is -0.391 e. The van der Waals surface area contributed by atoms with Crippen molar-refractivity contribution in [3.8, 4) is 0 Å². The molecule has 0 saturated heterocycles. The molecule has 1 aromatic heterocycles. The Morgan fingerprint density at radius 1 is 1.80 bits per heavy atom. The Kier molecular flexibility index (Phi) is 2.65. The largest absolute Gasteiger partial charge is 0.391 e. The van der Waals surface area contributed by atoms with Crippen LogP contribution in [0.15, 0.2) is 6.20 Å². The zero-order valence-electron chi connectivity index (χ0n) is 5.79. The Hall–Kier alpha value is -0.610. The summed E-state index contributed by atoms with van der Waals surface area (Å²) in [6.07, 6.45) is 1.68. The van der Waals surface area contributed by atoms with E-state index in [2.05, 4.69) is 10.3 Å². The summed E-state index contributed by atoms with van der Waals surface area (Å²) in [6, 6.07) is 0. The van der Waals surface area contributed by atoms with Gasteiger partial charge in [0.15, 0.2) is 5.13 Å². The molecule has 1 rings (SSSR count). The summed E-state index contributed by atoms with van der Waals surface area (Å²) in [5, 5.41) is 12.6. The molecule has 2 N–H and O–H groups in total. The van der Waals surface area contributed by atoms with Gasteiger partial charge >= 0.3 is 0 Å². The maximum Gasteiger partial charge on any atom is 0.182 e. The van der Waals surface area contributed by atoms with E-state index in [1.54, 1.807) is 6.20 Å². The van der Waals surface area contributed by atoms with Crippen LogP contribution in [0.3, 0.4) is 0 Å². The van der Waals surface area contributed by atoms with Crippen LogP contribution in [0.5, 0.6) is 0 Å². The highest BCUT2D eigenvalue weighted by molar-refractivity contribution is 7.15. The molecule has 0 aromatic carbocycles. The third-order valence-corrected chi connectivity index (χ3v) is 1.98. The van der Waals surface area contributed by atoms with Crippen LogP contribution >= 0.6 is 11.3 Å². The summed E-state index contributed by atoms with van der Waals surface area (Å²) < 4.78 is 0. The highest BCUT2D eigenvalue weighted by atomic mass is 32.1. The van der Waals surface area contributed by atoms with Crippen molar-refractivity contribution in [2.45, 2.75) is 13.5 Å². The topological polar surface area (TPSA) is 45.2 Å². The first-order valence-electron chi connectivity index (χ1n) is 3.16. The van der Waals surface area contributed by atoms with E-state index in [0.717, 1.165) is 16.6 Å². The molecule has 0 aliphatic heterocycles. The molecule has 0 atom stereocenters. The highest BCUT2D eigenvalue weighted by Crippen LogP contribution is 2.16. The van der Waals surface area contributed by atoms with Crippen molar-refractivity contribution in [3.05, 3.63) is 11.1 Å². The van der Waals surface area contributed by atoms with Gasteiger partial charge in [-0.2, -0.15) is 0 Å². The molecule has 0 bridgehead atoms. The minimum atomic E-state index is 0.0864. The van der Waals surface area contributed by atoms with Crippen molar-refractivity contribution >= 4 is 16.5 Å². The molecule has 10 heavy (non-hydrogen) atoms. The number of anilines is 1. The third-order valence-electron chi connectivity index (χ3n) is 1.04. The second-order valence-electron chi connectivity index (χ2n) is 1.82. The first kappa shape index (κ1) is 7.50. The Balaban J connectivity index is 2.59. The monoisotopic (exact) mass is 158 g/mol. The van der Waals surface area contributed by atoms with E-state index in [-0.39, 0.29) is 6.61 Å². The molecule has 1 aromatic rings. The average Bonchev–Trinajstić information content (AvgIpc) is 2.37. The molecule has 0 fully saturated rings. The van der Waals surface area contributed by atoms with Gasteiger partial charge in [-0.05, 0) is 6.92 Å². The quantitative estimate of drug-likeness (QED) is 0.691. The average molecular weight is 158 g/mol. The van der Waals surface area contributed by atoms with Gasteiger partial charge in [-0.25, -0.2) is 4.98 Å². The molecule has 0 aliphatic carbocycles. The Bertz CT molecular complexity index is 199. The van der Waals surface area contributed by atoms with Crippen molar-refractivity contribution in [1.29, 1.82) is 0 Å². The highest BCUT2D eigenvalue weighted by Gasteiger charge is 1.96. The fourth-order valence-corrected chi connectivity index (χ4v) is 1.35. The second kappa shape index (κ2) is 3.53. The van der Waals surface area contributed by atoms with Gasteiger partial charge in [0.2, 0.25) is 0 Å². The molecule has 0 saturated carbocycles. The molecule has 3 nitrogen and oxygen atoms in total. The van der Waals surface area contributed by atoms with Crippen LogP contribution in [0.1, 0.15) is 11.8 Å². The van der Waals surface area contributed by atoms with Crippen molar-refractivity contribution in [2.24, 2.45) is 0 Å². The first-order valence-corrected chi connectivity index (χ1v) is 3.98. The van der Waals surface area contributed by atoms with Crippen LogP contribution in [-0.4, -0.2) is 16.6 Å². The molecule has 0 radical (unpaired) electrons. The van der Waals surface area contributed by atoms with E-state index in [9.17, 15) is 0 Å². The van der Waals surface area contributed by atoms with Gasteiger partial charge in [0.25, 0.3) is 0 Å². The predicted octanol–water partition coefficient (Wildman–Crippen LogP) is 1.07. The zero-order valence-corrected chi connectivity index (χ0v) is 6.61. The molecule has 0 spiro atoms. The summed E-state index contributed by atoms with van der Waals surface area (Å²) in [6.45, 7) is 2.97. The summed E-state index contributed by atoms with van der Waals surface area (Å²) in [5.41, 5.74) is 0. The Morgan fingerprint density at radius 3 is 3.10 bits per heavy atom. The lowest BCUT2D eigenvalue weighted by molar-refractivity contribution is 0.285. The van der Waals surface area contributed by atoms with E-state index in [4.69, 9.17) is 5.11 Å². The van der Waals surface area contributed by atoms with E-state index in [0.29, 0.717) is 0 Å². The molecule has 0 aliphatic rings. The number of thiazole rings is 1. The number of aliphatic hydroxyl groups is 1. The molecule has 0 unspecified atom stereocenters. The van der Waals surface area contributed by atoms with Gasteiger partial charge in [-0.1, -0.05) is 11.3 Å². The molecule has 56 valence electrons. The molecule has 1 heterocycles. The van der Waals surface area contributed by atoms with Crippen LogP contribution < -0.4 is 5.32 Å².